The second-order valence-corrected chi connectivity index (χ2v) is 5.16. The van der Waals surface area contributed by atoms with E-state index in [1.807, 2.05) is 0 Å². The number of rotatable bonds is 2. The number of hydrogen-bond acceptors (Lipinski definition) is 3. The molecule has 0 aliphatic carbocycles. The average Bonchev–Trinajstić information content (AvgIpc) is 2.54. The van der Waals surface area contributed by atoms with E-state index in [0.29, 0.717) is 16.7 Å². The Bertz CT molecular complexity index is 979. The van der Waals surface area contributed by atoms with Crippen molar-refractivity contribution in [2.24, 2.45) is 0 Å². The normalized spacial score (nSPS) is 11.3. The summed E-state index contributed by atoms with van der Waals surface area (Å²) in [5.74, 6) is 0. The molecule has 128 valence electrons. The molecule has 3 rings (SSSR count). The van der Waals surface area contributed by atoms with Crippen LogP contribution in [-0.4, -0.2) is 6.03 Å². The van der Waals surface area contributed by atoms with Crippen LogP contribution in [0, 0.1) is 0 Å². The van der Waals surface area contributed by atoms with E-state index in [2.05, 4.69) is 10.6 Å². The van der Waals surface area contributed by atoms with Crippen LogP contribution in [0.15, 0.2) is 63.8 Å². The highest BCUT2D eigenvalue weighted by molar-refractivity contribution is 6.00. The Balaban J connectivity index is 1.70. The monoisotopic (exact) mass is 348 g/mol. The molecule has 2 amide bonds. The molecule has 0 bridgehead atoms. The molecule has 0 spiro atoms. The van der Waals surface area contributed by atoms with E-state index < -0.39 is 23.4 Å². The molecule has 1 heterocycles. The number of halogens is 3. The van der Waals surface area contributed by atoms with Gasteiger partial charge in [0.2, 0.25) is 0 Å². The van der Waals surface area contributed by atoms with Crippen molar-refractivity contribution in [3.8, 4) is 0 Å². The molecule has 3 aromatic rings. The molecule has 0 unspecified atom stereocenters. The highest BCUT2D eigenvalue weighted by Crippen LogP contribution is 2.29. The van der Waals surface area contributed by atoms with Gasteiger partial charge in [0.05, 0.1) is 5.56 Å². The number of amides is 2. The summed E-state index contributed by atoms with van der Waals surface area (Å²) in [4.78, 5) is 23.1. The van der Waals surface area contributed by atoms with Gasteiger partial charge in [-0.05, 0) is 48.5 Å². The fraction of sp³-hybridized carbons (Fsp3) is 0.0588. The molecule has 2 N–H and O–H groups in total. The van der Waals surface area contributed by atoms with E-state index in [1.54, 1.807) is 12.1 Å². The van der Waals surface area contributed by atoms with Crippen molar-refractivity contribution in [1.82, 2.24) is 0 Å². The Morgan fingerprint density at radius 2 is 1.52 bits per heavy atom. The van der Waals surface area contributed by atoms with Crippen molar-refractivity contribution in [3.63, 3.8) is 0 Å². The molecule has 0 aliphatic rings. The quantitative estimate of drug-likeness (QED) is 0.672. The standard InChI is InChI=1S/C17H11F3N2O3/c18-17(19,20)11-2-4-12(5-3-11)21-16(24)22-13-6-7-14-10(9-13)1-8-15(23)25-14/h1-9H,(H2,21,22,24). The molecule has 25 heavy (non-hydrogen) atoms. The van der Waals surface area contributed by atoms with Crippen LogP contribution in [0.5, 0.6) is 0 Å². The minimum absolute atomic E-state index is 0.220. The van der Waals surface area contributed by atoms with Gasteiger partial charge in [0.15, 0.2) is 0 Å². The number of fused-ring (bicyclic) bond motifs is 1. The topological polar surface area (TPSA) is 71.3 Å². The average molecular weight is 348 g/mol. The summed E-state index contributed by atoms with van der Waals surface area (Å²) < 4.78 is 42.5. The lowest BCUT2D eigenvalue weighted by Gasteiger charge is -2.10. The number of benzene rings is 2. The number of carbonyl (C=O) groups is 1. The van der Waals surface area contributed by atoms with Gasteiger partial charge in [0, 0.05) is 22.8 Å². The zero-order chi connectivity index (χ0) is 18.0. The molecule has 0 radical (unpaired) electrons. The fourth-order valence-electron chi connectivity index (χ4n) is 2.19. The van der Waals surface area contributed by atoms with Gasteiger partial charge >= 0.3 is 17.8 Å². The first kappa shape index (κ1) is 16.6. The van der Waals surface area contributed by atoms with Crippen LogP contribution >= 0.6 is 0 Å². The Hall–Kier alpha value is -3.29. The number of alkyl halides is 3. The maximum absolute atomic E-state index is 12.5. The van der Waals surface area contributed by atoms with Crippen molar-refractivity contribution in [3.05, 3.63) is 70.6 Å². The predicted octanol–water partition coefficient (Wildman–Crippen LogP) is 4.46. The van der Waals surface area contributed by atoms with Gasteiger partial charge in [0.25, 0.3) is 0 Å². The van der Waals surface area contributed by atoms with Crippen molar-refractivity contribution in [2.75, 3.05) is 10.6 Å². The Morgan fingerprint density at radius 3 is 2.20 bits per heavy atom. The van der Waals surface area contributed by atoms with E-state index in [-0.39, 0.29) is 5.69 Å². The van der Waals surface area contributed by atoms with Crippen LogP contribution in [0.4, 0.5) is 29.3 Å². The van der Waals surface area contributed by atoms with E-state index in [1.165, 1.54) is 18.2 Å². The molecular weight excluding hydrogens is 337 g/mol. The van der Waals surface area contributed by atoms with Gasteiger partial charge in [0.1, 0.15) is 5.58 Å². The number of hydrogen-bond donors (Lipinski definition) is 2. The molecule has 0 fully saturated rings. The lowest BCUT2D eigenvalue weighted by molar-refractivity contribution is -0.137. The summed E-state index contributed by atoms with van der Waals surface area (Å²) >= 11 is 0. The number of carbonyl (C=O) groups excluding carboxylic acids is 1. The summed E-state index contributed by atoms with van der Waals surface area (Å²) in [7, 11) is 0. The predicted molar refractivity (Wildman–Crippen MR) is 86.6 cm³/mol. The van der Waals surface area contributed by atoms with E-state index in [9.17, 15) is 22.8 Å². The highest BCUT2D eigenvalue weighted by atomic mass is 19.4. The first-order valence-electron chi connectivity index (χ1n) is 7.10. The van der Waals surface area contributed by atoms with Gasteiger partial charge in [-0.1, -0.05) is 0 Å². The molecule has 5 nitrogen and oxygen atoms in total. The van der Waals surface area contributed by atoms with Crippen LogP contribution < -0.4 is 16.3 Å². The summed E-state index contributed by atoms with van der Waals surface area (Å²) in [5, 5.41) is 5.60. The van der Waals surface area contributed by atoms with Crippen LogP contribution in [0.1, 0.15) is 5.56 Å². The fourth-order valence-corrected chi connectivity index (χ4v) is 2.19. The summed E-state index contributed by atoms with van der Waals surface area (Å²) in [6, 6.07) is 11.0. The van der Waals surface area contributed by atoms with Gasteiger partial charge in [-0.15, -0.1) is 0 Å². The summed E-state index contributed by atoms with van der Waals surface area (Å²) in [5.41, 5.74) is -0.244. The third-order valence-electron chi connectivity index (χ3n) is 3.35. The Kier molecular flexibility index (Phi) is 4.18. The Morgan fingerprint density at radius 1 is 0.880 bits per heavy atom. The van der Waals surface area contributed by atoms with Gasteiger partial charge in [-0.2, -0.15) is 13.2 Å². The maximum atomic E-state index is 12.5. The third kappa shape index (κ3) is 3.97. The van der Waals surface area contributed by atoms with E-state index in [0.717, 1.165) is 24.3 Å². The molecule has 0 saturated heterocycles. The molecule has 0 saturated carbocycles. The number of anilines is 2. The number of nitrogens with one attached hydrogen (secondary N) is 2. The summed E-state index contributed by atoms with van der Waals surface area (Å²) in [6.07, 6.45) is -4.43. The van der Waals surface area contributed by atoms with Crippen LogP contribution in [-0.2, 0) is 6.18 Å². The lowest BCUT2D eigenvalue weighted by atomic mass is 10.2. The molecule has 0 atom stereocenters. The highest BCUT2D eigenvalue weighted by Gasteiger charge is 2.29. The molecule has 0 aliphatic heterocycles. The largest absolute Gasteiger partial charge is 0.423 e. The van der Waals surface area contributed by atoms with Gasteiger partial charge < -0.3 is 15.1 Å². The second-order valence-electron chi connectivity index (χ2n) is 5.16. The zero-order valence-electron chi connectivity index (χ0n) is 12.6. The minimum Gasteiger partial charge on any atom is -0.423 e. The molecule has 1 aromatic heterocycles. The van der Waals surface area contributed by atoms with E-state index >= 15 is 0 Å². The van der Waals surface area contributed by atoms with Gasteiger partial charge in [-0.3, -0.25) is 0 Å². The van der Waals surface area contributed by atoms with Crippen LogP contribution in [0.25, 0.3) is 11.0 Å². The maximum Gasteiger partial charge on any atom is 0.416 e. The smallest absolute Gasteiger partial charge is 0.416 e. The van der Waals surface area contributed by atoms with Crippen LogP contribution in [0.2, 0.25) is 0 Å². The molecule has 8 heteroatoms. The van der Waals surface area contributed by atoms with Gasteiger partial charge in [-0.25, -0.2) is 9.59 Å². The third-order valence-corrected chi connectivity index (χ3v) is 3.35. The van der Waals surface area contributed by atoms with Crippen molar-refractivity contribution < 1.29 is 22.4 Å². The van der Waals surface area contributed by atoms with Crippen molar-refractivity contribution in [1.29, 1.82) is 0 Å². The summed E-state index contributed by atoms with van der Waals surface area (Å²) in [6.45, 7) is 0. The number of urea groups is 1. The molecule has 2 aromatic carbocycles. The zero-order valence-corrected chi connectivity index (χ0v) is 12.6. The van der Waals surface area contributed by atoms with Crippen molar-refractivity contribution >= 4 is 28.4 Å². The van der Waals surface area contributed by atoms with Crippen LogP contribution in [0.3, 0.4) is 0 Å². The first-order chi connectivity index (χ1) is 11.8. The van der Waals surface area contributed by atoms with Crippen molar-refractivity contribution in [2.45, 2.75) is 6.18 Å². The second kappa shape index (κ2) is 6.31. The molecular formula is C17H11F3N2O3. The van der Waals surface area contributed by atoms with E-state index in [4.69, 9.17) is 4.42 Å². The lowest BCUT2D eigenvalue weighted by Crippen LogP contribution is -2.19. The Labute approximate surface area is 139 Å². The first-order valence-corrected chi connectivity index (χ1v) is 7.10. The SMILES string of the molecule is O=C(Nc1ccc(C(F)(F)F)cc1)Nc1ccc2oc(=O)ccc2c1. The minimum atomic E-state index is -4.43.